The summed E-state index contributed by atoms with van der Waals surface area (Å²) in [5.74, 6) is -3.88. The van der Waals surface area contributed by atoms with Crippen molar-refractivity contribution in [3.63, 3.8) is 0 Å². The Balaban J connectivity index is 1.56. The molecule has 1 N–H and O–H groups in total. The Kier molecular flexibility index (Phi) is 5.34. The normalized spacial score (nSPS) is 22.4. The predicted octanol–water partition coefficient (Wildman–Crippen LogP) is 1.65. The first-order valence-corrected chi connectivity index (χ1v) is 8.63. The number of carbonyl (C=O) groups is 4. The molecule has 1 heterocycles. The Hall–Kier alpha value is -3.03. The van der Waals surface area contributed by atoms with Gasteiger partial charge in [0, 0.05) is 0 Å². The van der Waals surface area contributed by atoms with Gasteiger partial charge in [0.05, 0.1) is 17.5 Å². The monoisotopic (exact) mass is 374 g/mol. The predicted molar refractivity (Wildman–Crippen MR) is 92.7 cm³/mol. The molecule has 2 aliphatic rings. The van der Waals surface area contributed by atoms with Crippen LogP contribution in [0.25, 0.3) is 0 Å². The van der Waals surface area contributed by atoms with Gasteiger partial charge in [-0.15, -0.1) is 0 Å². The van der Waals surface area contributed by atoms with Gasteiger partial charge in [0.25, 0.3) is 5.91 Å². The maximum Gasteiger partial charge on any atom is 0.329 e. The van der Waals surface area contributed by atoms with Gasteiger partial charge in [-0.25, -0.2) is 9.18 Å². The molecule has 0 spiro atoms. The van der Waals surface area contributed by atoms with Gasteiger partial charge in [0.1, 0.15) is 11.9 Å². The largest absolute Gasteiger partial charge is 0.454 e. The number of nitrogens with one attached hydrogen (secondary N) is 1. The van der Waals surface area contributed by atoms with Gasteiger partial charge in [-0.2, -0.15) is 0 Å². The molecule has 8 heteroatoms. The highest BCUT2D eigenvalue weighted by atomic mass is 19.1. The third kappa shape index (κ3) is 3.74. The number of anilines is 1. The quantitative estimate of drug-likeness (QED) is 0.481. The lowest BCUT2D eigenvalue weighted by Crippen LogP contribution is -2.45. The van der Waals surface area contributed by atoms with Crippen LogP contribution in [0.3, 0.4) is 0 Å². The van der Waals surface area contributed by atoms with Crippen LogP contribution in [0.5, 0.6) is 0 Å². The molecule has 0 radical (unpaired) electrons. The molecule has 1 aromatic rings. The third-order valence-electron chi connectivity index (χ3n) is 4.76. The number of hydrogen-bond acceptors (Lipinski definition) is 5. The topological polar surface area (TPSA) is 92.8 Å². The first kappa shape index (κ1) is 18.8. The van der Waals surface area contributed by atoms with Crippen LogP contribution in [0.4, 0.5) is 10.1 Å². The first-order valence-electron chi connectivity index (χ1n) is 8.63. The van der Waals surface area contributed by atoms with Gasteiger partial charge in [0.2, 0.25) is 11.8 Å². The number of halogens is 1. The molecular formula is C19H19FN2O5. The van der Waals surface area contributed by atoms with Crippen molar-refractivity contribution in [3.8, 4) is 0 Å². The number of hydrogen-bond donors (Lipinski definition) is 1. The van der Waals surface area contributed by atoms with E-state index in [9.17, 15) is 23.6 Å². The molecule has 1 aromatic carbocycles. The smallest absolute Gasteiger partial charge is 0.329 e. The van der Waals surface area contributed by atoms with Crippen molar-refractivity contribution in [2.75, 3.05) is 11.9 Å². The second-order valence-electron chi connectivity index (χ2n) is 6.51. The minimum absolute atomic E-state index is 0.0342. The Bertz CT molecular complexity index is 796. The van der Waals surface area contributed by atoms with Gasteiger partial charge in [-0.3, -0.25) is 19.3 Å². The van der Waals surface area contributed by atoms with E-state index in [0.29, 0.717) is 12.8 Å². The number of para-hydroxylation sites is 1. The van der Waals surface area contributed by atoms with Crippen LogP contribution < -0.4 is 5.32 Å². The van der Waals surface area contributed by atoms with E-state index in [0.717, 1.165) is 4.90 Å². The number of esters is 1. The number of likely N-dealkylation sites (tertiary alicyclic amines) is 1. The molecule has 7 nitrogen and oxygen atoms in total. The fourth-order valence-electron chi connectivity index (χ4n) is 3.32. The van der Waals surface area contributed by atoms with Crippen LogP contribution in [0.1, 0.15) is 19.8 Å². The van der Waals surface area contributed by atoms with E-state index in [4.69, 9.17) is 4.74 Å². The fraction of sp³-hybridized carbons (Fsp3) is 0.368. The van der Waals surface area contributed by atoms with Crippen LogP contribution in [-0.2, 0) is 23.9 Å². The maximum absolute atomic E-state index is 13.5. The van der Waals surface area contributed by atoms with Crippen LogP contribution in [-0.4, -0.2) is 41.2 Å². The van der Waals surface area contributed by atoms with Crippen LogP contribution in [0.15, 0.2) is 36.4 Å². The third-order valence-corrected chi connectivity index (χ3v) is 4.76. The molecule has 0 saturated carbocycles. The summed E-state index contributed by atoms with van der Waals surface area (Å²) in [5, 5.41) is 2.29. The summed E-state index contributed by atoms with van der Waals surface area (Å²) in [4.78, 5) is 49.9. The van der Waals surface area contributed by atoms with E-state index in [1.54, 1.807) is 6.07 Å². The van der Waals surface area contributed by atoms with E-state index in [1.165, 1.54) is 25.1 Å². The van der Waals surface area contributed by atoms with E-state index >= 15 is 0 Å². The average molecular weight is 374 g/mol. The molecule has 3 atom stereocenters. The summed E-state index contributed by atoms with van der Waals surface area (Å²) in [6.45, 7) is 0.736. The number of nitrogens with zero attached hydrogens (tertiary/aromatic N) is 1. The number of imide groups is 1. The molecular weight excluding hydrogens is 355 g/mol. The Morgan fingerprint density at radius 2 is 1.78 bits per heavy atom. The number of rotatable bonds is 5. The van der Waals surface area contributed by atoms with Crippen molar-refractivity contribution in [2.45, 2.75) is 25.8 Å². The summed E-state index contributed by atoms with van der Waals surface area (Å²) >= 11 is 0. The summed E-state index contributed by atoms with van der Waals surface area (Å²) in [6.07, 6.45) is 4.65. The number of carbonyl (C=O) groups excluding carboxylic acids is 4. The molecule has 1 aliphatic heterocycles. The van der Waals surface area contributed by atoms with Gasteiger partial charge in [-0.1, -0.05) is 24.3 Å². The van der Waals surface area contributed by atoms with Crippen molar-refractivity contribution in [1.29, 1.82) is 0 Å². The van der Waals surface area contributed by atoms with Crippen molar-refractivity contribution >= 4 is 29.4 Å². The van der Waals surface area contributed by atoms with E-state index < -0.39 is 54.0 Å². The zero-order valence-corrected chi connectivity index (χ0v) is 14.7. The highest BCUT2D eigenvalue weighted by Crippen LogP contribution is 2.36. The highest BCUT2D eigenvalue weighted by Gasteiger charge is 2.50. The van der Waals surface area contributed by atoms with Crippen molar-refractivity contribution in [2.24, 2.45) is 11.8 Å². The van der Waals surface area contributed by atoms with Crippen molar-refractivity contribution in [3.05, 3.63) is 42.2 Å². The molecule has 142 valence electrons. The van der Waals surface area contributed by atoms with E-state index in [-0.39, 0.29) is 5.69 Å². The molecule has 0 unspecified atom stereocenters. The molecule has 1 saturated heterocycles. The average Bonchev–Trinajstić information content (AvgIpc) is 2.92. The van der Waals surface area contributed by atoms with E-state index in [1.807, 2.05) is 12.2 Å². The van der Waals surface area contributed by atoms with Gasteiger partial charge < -0.3 is 10.1 Å². The summed E-state index contributed by atoms with van der Waals surface area (Å²) in [7, 11) is 0. The SMILES string of the molecule is C[C@@H](C(=O)OCC(=O)Nc1ccccc1F)N1C(=O)[C@H]2CC=CC[C@@H]2C1=O. The van der Waals surface area contributed by atoms with Crippen molar-refractivity contribution < 1.29 is 28.3 Å². The summed E-state index contributed by atoms with van der Waals surface area (Å²) < 4.78 is 18.4. The molecule has 3 amide bonds. The Morgan fingerprint density at radius 3 is 2.37 bits per heavy atom. The lowest BCUT2D eigenvalue weighted by atomic mass is 9.85. The zero-order valence-electron chi connectivity index (χ0n) is 14.7. The Morgan fingerprint density at radius 1 is 1.19 bits per heavy atom. The summed E-state index contributed by atoms with van der Waals surface area (Å²) in [6, 6.07) is 4.45. The second-order valence-corrected chi connectivity index (χ2v) is 6.51. The molecule has 27 heavy (non-hydrogen) atoms. The number of fused-ring (bicyclic) bond motifs is 1. The first-order chi connectivity index (χ1) is 12.9. The van der Waals surface area contributed by atoms with E-state index in [2.05, 4.69) is 5.32 Å². The standard InChI is InChI=1S/C19H19FN2O5/c1-11(22-17(24)12-6-2-3-7-13(12)18(22)25)19(26)27-10-16(23)21-15-9-5-4-8-14(15)20/h2-5,8-9,11-13H,6-7,10H2,1H3,(H,21,23)/t11-,12-,13-/m0/s1. The van der Waals surface area contributed by atoms with Crippen LogP contribution >= 0.6 is 0 Å². The van der Waals surface area contributed by atoms with Gasteiger partial charge >= 0.3 is 5.97 Å². The molecule has 1 aliphatic carbocycles. The van der Waals surface area contributed by atoms with Gasteiger partial charge in [0.15, 0.2) is 6.61 Å². The zero-order chi connectivity index (χ0) is 19.6. The molecule has 0 bridgehead atoms. The molecule has 3 rings (SSSR count). The number of amides is 3. The summed E-state index contributed by atoms with van der Waals surface area (Å²) in [5.41, 5.74) is -0.0342. The highest BCUT2D eigenvalue weighted by molar-refractivity contribution is 6.08. The lowest BCUT2D eigenvalue weighted by Gasteiger charge is -2.21. The maximum atomic E-state index is 13.5. The van der Waals surface area contributed by atoms with Gasteiger partial charge in [-0.05, 0) is 31.9 Å². The van der Waals surface area contributed by atoms with Crippen LogP contribution in [0.2, 0.25) is 0 Å². The number of benzene rings is 1. The minimum Gasteiger partial charge on any atom is -0.454 e. The molecule has 1 fully saturated rings. The van der Waals surface area contributed by atoms with Crippen molar-refractivity contribution in [1.82, 2.24) is 4.90 Å². The Labute approximate surface area is 155 Å². The second kappa shape index (κ2) is 7.69. The lowest BCUT2D eigenvalue weighted by molar-refractivity contribution is -0.159. The number of allylic oxidation sites excluding steroid dienone is 2. The molecule has 0 aromatic heterocycles. The number of ether oxygens (including phenoxy) is 1. The fourth-order valence-corrected chi connectivity index (χ4v) is 3.32. The van der Waals surface area contributed by atoms with Crippen LogP contribution in [0, 0.1) is 17.7 Å². The minimum atomic E-state index is -1.13.